The number of H-pyrrole nitrogens is 1. The Hall–Kier alpha value is -3.22. The van der Waals surface area contributed by atoms with Gasteiger partial charge in [0.25, 0.3) is 5.56 Å². The van der Waals surface area contributed by atoms with E-state index in [1.165, 1.54) is 0 Å². The number of nitrogens with zero attached hydrogens (tertiary/aromatic N) is 3. The monoisotopic (exact) mass is 379 g/mol. The summed E-state index contributed by atoms with van der Waals surface area (Å²) in [4.78, 5) is 27.8. The van der Waals surface area contributed by atoms with Crippen molar-refractivity contribution >= 4 is 5.95 Å². The molecule has 146 valence electrons. The van der Waals surface area contributed by atoms with Crippen molar-refractivity contribution in [1.29, 1.82) is 0 Å². The van der Waals surface area contributed by atoms with E-state index < -0.39 is 0 Å². The van der Waals surface area contributed by atoms with E-state index >= 15 is 0 Å². The Bertz CT molecular complexity index is 927. The van der Waals surface area contributed by atoms with E-state index in [1.807, 2.05) is 31.2 Å². The van der Waals surface area contributed by atoms with Crippen molar-refractivity contribution in [3.8, 4) is 5.75 Å². The van der Waals surface area contributed by atoms with E-state index in [1.54, 1.807) is 24.8 Å². The van der Waals surface area contributed by atoms with Crippen LogP contribution in [-0.2, 0) is 12.8 Å². The van der Waals surface area contributed by atoms with Gasteiger partial charge in [0.15, 0.2) is 0 Å². The number of unbranched alkanes of at least 4 members (excludes halogenated alkanes) is 1. The standard InChI is InChI=1S/C21H25N5O2/c1-2-28-19-9-6-12-23-18(19)8-3-4-11-24-21-25-15-17(20(27)26-21)13-16-7-5-10-22-14-16/h5-7,9-10,12,14-15H,2-4,8,11,13H2,1H3,(H2,24,25,26,27). The van der Waals surface area contributed by atoms with Gasteiger partial charge in [0.2, 0.25) is 5.95 Å². The van der Waals surface area contributed by atoms with E-state index in [0.717, 1.165) is 42.8 Å². The second-order valence-corrected chi connectivity index (χ2v) is 6.39. The van der Waals surface area contributed by atoms with Crippen molar-refractivity contribution in [2.24, 2.45) is 0 Å². The van der Waals surface area contributed by atoms with Crippen molar-refractivity contribution in [2.75, 3.05) is 18.5 Å². The molecule has 0 saturated heterocycles. The zero-order chi connectivity index (χ0) is 19.6. The van der Waals surface area contributed by atoms with Crippen LogP contribution in [0.15, 0.2) is 53.8 Å². The molecule has 0 fully saturated rings. The third-order valence-electron chi connectivity index (χ3n) is 4.27. The molecule has 7 heteroatoms. The van der Waals surface area contributed by atoms with Crippen LogP contribution < -0.4 is 15.6 Å². The maximum atomic E-state index is 12.2. The summed E-state index contributed by atoms with van der Waals surface area (Å²) in [6.45, 7) is 3.33. The Morgan fingerprint density at radius 1 is 1.11 bits per heavy atom. The number of aromatic nitrogens is 4. The molecule has 0 saturated carbocycles. The van der Waals surface area contributed by atoms with E-state index in [4.69, 9.17) is 4.74 Å². The molecule has 0 radical (unpaired) electrons. The number of anilines is 1. The Labute approximate surface area is 164 Å². The summed E-state index contributed by atoms with van der Waals surface area (Å²) in [5.41, 5.74) is 2.46. The van der Waals surface area contributed by atoms with E-state index in [-0.39, 0.29) is 5.56 Å². The summed E-state index contributed by atoms with van der Waals surface area (Å²) in [6.07, 6.45) is 10.1. The van der Waals surface area contributed by atoms with E-state index in [9.17, 15) is 4.79 Å². The van der Waals surface area contributed by atoms with Gasteiger partial charge in [-0.15, -0.1) is 0 Å². The first kappa shape index (κ1) is 19.5. The maximum absolute atomic E-state index is 12.2. The fourth-order valence-corrected chi connectivity index (χ4v) is 2.88. The Morgan fingerprint density at radius 3 is 2.79 bits per heavy atom. The summed E-state index contributed by atoms with van der Waals surface area (Å²) in [5.74, 6) is 1.35. The Morgan fingerprint density at radius 2 is 2.00 bits per heavy atom. The van der Waals surface area contributed by atoms with Gasteiger partial charge in [-0.3, -0.25) is 19.7 Å². The fraction of sp³-hybridized carbons (Fsp3) is 0.333. The van der Waals surface area contributed by atoms with Gasteiger partial charge >= 0.3 is 0 Å². The summed E-state index contributed by atoms with van der Waals surface area (Å²) in [5, 5.41) is 3.17. The summed E-state index contributed by atoms with van der Waals surface area (Å²) in [7, 11) is 0. The largest absolute Gasteiger partial charge is 0.492 e. The van der Waals surface area contributed by atoms with Crippen molar-refractivity contribution < 1.29 is 4.74 Å². The van der Waals surface area contributed by atoms with E-state index in [0.29, 0.717) is 24.5 Å². The van der Waals surface area contributed by atoms with Crippen LogP contribution in [0.3, 0.4) is 0 Å². The molecule has 0 aliphatic rings. The minimum absolute atomic E-state index is 0.129. The number of nitrogens with one attached hydrogen (secondary N) is 2. The normalized spacial score (nSPS) is 10.6. The lowest BCUT2D eigenvalue weighted by atomic mass is 10.1. The van der Waals surface area contributed by atoms with Crippen molar-refractivity contribution in [3.63, 3.8) is 0 Å². The van der Waals surface area contributed by atoms with Crippen LogP contribution in [-0.4, -0.2) is 33.1 Å². The molecular formula is C21H25N5O2. The Kier molecular flexibility index (Phi) is 7.12. The molecule has 3 rings (SSSR count). The smallest absolute Gasteiger partial charge is 0.255 e. The molecule has 0 atom stereocenters. The number of aromatic amines is 1. The third kappa shape index (κ3) is 5.64. The van der Waals surface area contributed by atoms with Gasteiger partial charge in [-0.1, -0.05) is 6.07 Å². The zero-order valence-corrected chi connectivity index (χ0v) is 16.0. The van der Waals surface area contributed by atoms with Crippen LogP contribution in [0.2, 0.25) is 0 Å². The topological polar surface area (TPSA) is 92.8 Å². The van der Waals surface area contributed by atoms with Gasteiger partial charge in [0, 0.05) is 43.3 Å². The first-order valence-electron chi connectivity index (χ1n) is 9.54. The van der Waals surface area contributed by atoms with Crippen LogP contribution in [0.5, 0.6) is 5.75 Å². The molecule has 0 spiro atoms. The molecule has 7 nitrogen and oxygen atoms in total. The van der Waals surface area contributed by atoms with Gasteiger partial charge in [0.1, 0.15) is 5.75 Å². The summed E-state index contributed by atoms with van der Waals surface area (Å²) < 4.78 is 5.60. The van der Waals surface area contributed by atoms with Gasteiger partial charge in [0.05, 0.1) is 12.3 Å². The van der Waals surface area contributed by atoms with Crippen LogP contribution in [0, 0.1) is 0 Å². The number of pyridine rings is 2. The molecule has 2 N–H and O–H groups in total. The van der Waals surface area contributed by atoms with Crippen molar-refractivity contribution in [1.82, 2.24) is 19.9 Å². The number of aryl methyl sites for hydroxylation is 1. The average molecular weight is 379 g/mol. The molecule has 3 aromatic rings. The fourth-order valence-electron chi connectivity index (χ4n) is 2.88. The van der Waals surface area contributed by atoms with Crippen LogP contribution in [0.1, 0.15) is 36.6 Å². The first-order valence-corrected chi connectivity index (χ1v) is 9.54. The second-order valence-electron chi connectivity index (χ2n) is 6.39. The molecule has 0 aliphatic heterocycles. The SMILES string of the molecule is CCOc1cccnc1CCCCNc1ncc(Cc2cccnc2)c(=O)[nH]1. The lowest BCUT2D eigenvalue weighted by Gasteiger charge is -2.09. The molecule has 0 amide bonds. The van der Waals surface area contributed by atoms with Gasteiger partial charge < -0.3 is 10.1 Å². The van der Waals surface area contributed by atoms with Gasteiger partial charge in [-0.05, 0) is 49.9 Å². The van der Waals surface area contributed by atoms with Gasteiger partial charge in [-0.2, -0.15) is 0 Å². The highest BCUT2D eigenvalue weighted by molar-refractivity contribution is 5.28. The van der Waals surface area contributed by atoms with Crippen LogP contribution >= 0.6 is 0 Å². The zero-order valence-electron chi connectivity index (χ0n) is 16.0. The van der Waals surface area contributed by atoms with E-state index in [2.05, 4.69) is 25.3 Å². The maximum Gasteiger partial charge on any atom is 0.255 e. The molecule has 28 heavy (non-hydrogen) atoms. The minimum Gasteiger partial charge on any atom is -0.492 e. The highest BCUT2D eigenvalue weighted by Gasteiger charge is 2.05. The first-order chi connectivity index (χ1) is 13.8. The Balaban J connectivity index is 1.45. The van der Waals surface area contributed by atoms with Crippen LogP contribution in [0.4, 0.5) is 5.95 Å². The molecule has 0 aromatic carbocycles. The highest BCUT2D eigenvalue weighted by Crippen LogP contribution is 2.17. The summed E-state index contributed by atoms with van der Waals surface area (Å²) >= 11 is 0. The predicted molar refractivity (Wildman–Crippen MR) is 109 cm³/mol. The predicted octanol–water partition coefficient (Wildman–Crippen LogP) is 2.98. The minimum atomic E-state index is -0.129. The number of rotatable bonds is 10. The average Bonchev–Trinajstić information content (AvgIpc) is 2.72. The van der Waals surface area contributed by atoms with Crippen molar-refractivity contribution in [3.05, 3.63) is 76.2 Å². The molecule has 3 aromatic heterocycles. The lowest BCUT2D eigenvalue weighted by molar-refractivity contribution is 0.334. The lowest BCUT2D eigenvalue weighted by Crippen LogP contribution is -2.17. The van der Waals surface area contributed by atoms with Crippen LogP contribution in [0.25, 0.3) is 0 Å². The molecular weight excluding hydrogens is 354 g/mol. The van der Waals surface area contributed by atoms with Crippen molar-refractivity contribution in [2.45, 2.75) is 32.6 Å². The highest BCUT2D eigenvalue weighted by atomic mass is 16.5. The summed E-state index contributed by atoms with van der Waals surface area (Å²) in [6, 6.07) is 7.63. The van der Waals surface area contributed by atoms with Gasteiger partial charge in [-0.25, -0.2) is 4.98 Å². The number of hydrogen-bond acceptors (Lipinski definition) is 6. The number of hydrogen-bond donors (Lipinski definition) is 2. The molecule has 3 heterocycles. The molecule has 0 unspecified atom stereocenters. The third-order valence-corrected chi connectivity index (χ3v) is 4.27. The number of ether oxygens (including phenoxy) is 1. The molecule has 0 bridgehead atoms. The molecule has 0 aliphatic carbocycles. The second kappa shape index (κ2) is 10.2. The quantitative estimate of drug-likeness (QED) is 0.526.